The molecule has 1 aromatic carbocycles. The van der Waals surface area contributed by atoms with E-state index in [1.165, 1.54) is 0 Å². The van der Waals surface area contributed by atoms with Crippen LogP contribution >= 0.6 is 24.0 Å². The van der Waals surface area contributed by atoms with Gasteiger partial charge in [0.05, 0.1) is 16.9 Å². The Hall–Kier alpha value is -1.56. The highest BCUT2D eigenvalue weighted by atomic mass is 35.5. The van der Waals surface area contributed by atoms with Gasteiger partial charge >= 0.3 is 0 Å². The van der Waals surface area contributed by atoms with E-state index in [2.05, 4.69) is 15.7 Å². The van der Waals surface area contributed by atoms with Gasteiger partial charge in [-0.3, -0.25) is 4.79 Å². The lowest BCUT2D eigenvalue weighted by Crippen LogP contribution is -2.38. The van der Waals surface area contributed by atoms with Gasteiger partial charge in [0.15, 0.2) is 0 Å². The van der Waals surface area contributed by atoms with E-state index in [9.17, 15) is 4.79 Å². The Morgan fingerprint density at radius 1 is 1.35 bits per heavy atom. The molecule has 0 aliphatic rings. The fraction of sp³-hybridized carbons (Fsp3) is 0.375. The predicted octanol–water partition coefficient (Wildman–Crippen LogP) is 2.98. The van der Waals surface area contributed by atoms with Crippen LogP contribution < -0.4 is 10.6 Å². The maximum Gasteiger partial charge on any atom is 0.254 e. The average Bonchev–Trinajstić information content (AvgIpc) is 2.88. The van der Waals surface area contributed by atoms with Gasteiger partial charge in [0.1, 0.15) is 0 Å². The van der Waals surface area contributed by atoms with E-state index in [1.54, 1.807) is 23.0 Å². The lowest BCUT2D eigenvalue weighted by Gasteiger charge is -2.12. The number of nitrogens with zero attached hydrogens (tertiary/aromatic N) is 2. The molecule has 2 rings (SSSR count). The SMILES string of the molecule is CCN[C@H](C)CNC(=O)c1cn(-c2ccc(Cl)cc2)nc1C.Cl. The highest BCUT2D eigenvalue weighted by Crippen LogP contribution is 2.15. The molecule has 126 valence electrons. The molecule has 1 atom stereocenters. The van der Waals surface area contributed by atoms with Gasteiger partial charge in [-0.1, -0.05) is 18.5 Å². The molecule has 5 nitrogen and oxygen atoms in total. The summed E-state index contributed by atoms with van der Waals surface area (Å²) in [7, 11) is 0. The molecule has 2 N–H and O–H groups in total. The van der Waals surface area contributed by atoms with Crippen molar-refractivity contribution < 1.29 is 4.79 Å². The molecule has 0 aliphatic heterocycles. The third kappa shape index (κ3) is 5.23. The Morgan fingerprint density at radius 3 is 2.61 bits per heavy atom. The van der Waals surface area contributed by atoms with Gasteiger partial charge in [0, 0.05) is 23.8 Å². The Bertz CT molecular complexity index is 640. The topological polar surface area (TPSA) is 58.9 Å². The summed E-state index contributed by atoms with van der Waals surface area (Å²) in [6, 6.07) is 7.56. The molecule has 7 heteroatoms. The van der Waals surface area contributed by atoms with Crippen LogP contribution in [-0.2, 0) is 0 Å². The van der Waals surface area contributed by atoms with E-state index in [1.807, 2.05) is 32.9 Å². The number of carbonyl (C=O) groups is 1. The van der Waals surface area contributed by atoms with Crippen molar-refractivity contribution >= 4 is 29.9 Å². The fourth-order valence-corrected chi connectivity index (χ4v) is 2.30. The van der Waals surface area contributed by atoms with Crippen LogP contribution in [-0.4, -0.2) is 34.8 Å². The number of amides is 1. The maximum atomic E-state index is 12.3. The van der Waals surface area contributed by atoms with Crippen LogP contribution in [0.1, 0.15) is 29.9 Å². The molecular weight excluding hydrogens is 335 g/mol. The van der Waals surface area contributed by atoms with Crippen molar-refractivity contribution in [3.05, 3.63) is 46.7 Å². The van der Waals surface area contributed by atoms with E-state index < -0.39 is 0 Å². The number of carbonyl (C=O) groups excluding carboxylic acids is 1. The van der Waals surface area contributed by atoms with Gasteiger partial charge in [-0.25, -0.2) is 4.68 Å². The predicted molar refractivity (Wildman–Crippen MR) is 96.0 cm³/mol. The van der Waals surface area contributed by atoms with E-state index in [-0.39, 0.29) is 24.4 Å². The van der Waals surface area contributed by atoms with Crippen LogP contribution in [0, 0.1) is 6.92 Å². The largest absolute Gasteiger partial charge is 0.350 e. The zero-order valence-corrected chi connectivity index (χ0v) is 15.0. The monoisotopic (exact) mass is 356 g/mol. The number of aryl methyl sites for hydroxylation is 1. The van der Waals surface area contributed by atoms with Crippen molar-refractivity contribution in [3.63, 3.8) is 0 Å². The maximum absolute atomic E-state index is 12.3. The number of aromatic nitrogens is 2. The fourth-order valence-electron chi connectivity index (χ4n) is 2.17. The van der Waals surface area contributed by atoms with Crippen LogP contribution in [0.15, 0.2) is 30.5 Å². The second-order valence-corrected chi connectivity index (χ2v) is 5.65. The summed E-state index contributed by atoms with van der Waals surface area (Å²) in [5.74, 6) is -0.109. The highest BCUT2D eigenvalue weighted by molar-refractivity contribution is 6.30. The number of halogens is 2. The molecule has 0 unspecified atom stereocenters. The van der Waals surface area contributed by atoms with E-state index >= 15 is 0 Å². The summed E-state index contributed by atoms with van der Waals surface area (Å²) < 4.78 is 1.69. The normalized spacial score (nSPS) is 11.7. The molecule has 2 aromatic rings. The van der Waals surface area contributed by atoms with E-state index in [0.29, 0.717) is 22.8 Å². The first-order valence-electron chi connectivity index (χ1n) is 7.35. The molecule has 0 bridgehead atoms. The second kappa shape index (κ2) is 8.91. The first-order valence-corrected chi connectivity index (χ1v) is 7.73. The lowest BCUT2D eigenvalue weighted by atomic mass is 10.2. The minimum atomic E-state index is -0.109. The molecule has 1 aromatic heterocycles. The molecule has 0 radical (unpaired) electrons. The summed E-state index contributed by atoms with van der Waals surface area (Å²) in [6.45, 7) is 7.37. The molecule has 0 spiro atoms. The Morgan fingerprint density at radius 2 is 2.00 bits per heavy atom. The number of hydrogen-bond acceptors (Lipinski definition) is 3. The summed E-state index contributed by atoms with van der Waals surface area (Å²) in [5.41, 5.74) is 2.15. The first kappa shape index (κ1) is 19.5. The Labute approximate surface area is 147 Å². The van der Waals surface area contributed by atoms with Gasteiger partial charge in [-0.05, 0) is 44.7 Å². The first-order chi connectivity index (χ1) is 10.5. The summed E-state index contributed by atoms with van der Waals surface area (Å²) >= 11 is 5.88. The van der Waals surface area contributed by atoms with E-state index in [0.717, 1.165) is 12.2 Å². The summed E-state index contributed by atoms with van der Waals surface area (Å²) in [5, 5.41) is 11.2. The van der Waals surface area contributed by atoms with Gasteiger partial charge in [0.25, 0.3) is 5.91 Å². The number of benzene rings is 1. The number of hydrogen-bond donors (Lipinski definition) is 2. The van der Waals surface area contributed by atoms with Crippen LogP contribution in [0.5, 0.6) is 0 Å². The standard InChI is InChI=1S/C16H21ClN4O.ClH/c1-4-18-11(2)9-19-16(22)15-10-21(20-12(15)3)14-7-5-13(17)6-8-14;/h5-8,10-11,18H,4,9H2,1-3H3,(H,19,22);1H/t11-;/m1./s1. The minimum Gasteiger partial charge on any atom is -0.350 e. The van der Waals surface area contributed by atoms with Gasteiger partial charge < -0.3 is 10.6 Å². The minimum absolute atomic E-state index is 0. The number of rotatable bonds is 6. The van der Waals surface area contributed by atoms with Gasteiger partial charge in [-0.2, -0.15) is 5.10 Å². The van der Waals surface area contributed by atoms with Gasteiger partial charge in [0.2, 0.25) is 0 Å². The van der Waals surface area contributed by atoms with Crippen LogP contribution in [0.25, 0.3) is 5.69 Å². The van der Waals surface area contributed by atoms with Crippen molar-refractivity contribution in [3.8, 4) is 5.69 Å². The third-order valence-corrected chi connectivity index (χ3v) is 3.61. The molecule has 0 saturated heterocycles. The summed E-state index contributed by atoms with van der Waals surface area (Å²) in [4.78, 5) is 12.3. The molecule has 0 fully saturated rings. The van der Waals surface area contributed by atoms with Crippen LogP contribution in [0.4, 0.5) is 0 Å². The summed E-state index contributed by atoms with van der Waals surface area (Å²) in [6.07, 6.45) is 1.74. The van der Waals surface area contributed by atoms with Crippen molar-refractivity contribution in [1.82, 2.24) is 20.4 Å². The zero-order chi connectivity index (χ0) is 16.1. The molecule has 23 heavy (non-hydrogen) atoms. The van der Waals surface area contributed by atoms with Crippen molar-refractivity contribution in [2.24, 2.45) is 0 Å². The Balaban J connectivity index is 0.00000264. The second-order valence-electron chi connectivity index (χ2n) is 5.22. The highest BCUT2D eigenvalue weighted by Gasteiger charge is 2.14. The molecular formula is C16H22Cl2N4O. The third-order valence-electron chi connectivity index (χ3n) is 3.36. The molecule has 0 saturated carbocycles. The quantitative estimate of drug-likeness (QED) is 0.836. The molecule has 1 amide bonds. The van der Waals surface area contributed by atoms with Crippen LogP contribution in [0.3, 0.4) is 0 Å². The van der Waals surface area contributed by atoms with Crippen molar-refractivity contribution in [2.75, 3.05) is 13.1 Å². The van der Waals surface area contributed by atoms with Crippen molar-refractivity contribution in [2.45, 2.75) is 26.8 Å². The van der Waals surface area contributed by atoms with Crippen molar-refractivity contribution in [1.29, 1.82) is 0 Å². The van der Waals surface area contributed by atoms with E-state index in [4.69, 9.17) is 11.6 Å². The smallest absolute Gasteiger partial charge is 0.254 e. The number of nitrogens with one attached hydrogen (secondary N) is 2. The lowest BCUT2D eigenvalue weighted by molar-refractivity contribution is 0.0949. The number of likely N-dealkylation sites (N-methyl/N-ethyl adjacent to an activating group) is 1. The van der Waals surface area contributed by atoms with Gasteiger partial charge in [-0.15, -0.1) is 12.4 Å². The zero-order valence-electron chi connectivity index (χ0n) is 13.5. The molecule has 0 aliphatic carbocycles. The molecule has 1 heterocycles. The average molecular weight is 357 g/mol. The Kier molecular flexibility index (Phi) is 7.55. The van der Waals surface area contributed by atoms with Crippen LogP contribution in [0.2, 0.25) is 5.02 Å².